The predicted molar refractivity (Wildman–Crippen MR) is 71.2 cm³/mol. The standard InChI is InChI=1S/C12H12ClFN2OS/c13-8-4-10-11(5-9(8)14)16(12(18)15-10)7-2-1-3-17-6-7/h4-5,7H,1-3,6H2,(H,15,18). The van der Waals surface area contributed by atoms with Gasteiger partial charge in [-0.05, 0) is 31.1 Å². The van der Waals surface area contributed by atoms with Gasteiger partial charge in [0, 0.05) is 12.7 Å². The predicted octanol–water partition coefficient (Wildman–Crippen LogP) is 3.84. The Labute approximate surface area is 114 Å². The minimum absolute atomic E-state index is 0.103. The second-order valence-electron chi connectivity index (χ2n) is 4.45. The van der Waals surface area contributed by atoms with Crippen molar-refractivity contribution in [3.63, 3.8) is 0 Å². The van der Waals surface area contributed by atoms with E-state index in [-0.39, 0.29) is 11.1 Å². The normalized spacial score (nSPS) is 20.4. The molecule has 2 aromatic rings. The highest BCUT2D eigenvalue weighted by atomic mass is 35.5. The number of nitrogens with one attached hydrogen (secondary N) is 1. The lowest BCUT2D eigenvalue weighted by atomic mass is 10.1. The molecule has 1 aromatic carbocycles. The summed E-state index contributed by atoms with van der Waals surface area (Å²) in [4.78, 5) is 3.06. The molecule has 0 spiro atoms. The topological polar surface area (TPSA) is 29.9 Å². The van der Waals surface area contributed by atoms with Crippen molar-refractivity contribution < 1.29 is 9.13 Å². The highest BCUT2D eigenvalue weighted by Crippen LogP contribution is 2.28. The Morgan fingerprint density at radius 2 is 2.33 bits per heavy atom. The maximum absolute atomic E-state index is 13.6. The summed E-state index contributed by atoms with van der Waals surface area (Å²) in [5, 5.41) is 0.103. The molecule has 1 fully saturated rings. The molecule has 1 aliphatic rings. The van der Waals surface area contributed by atoms with Crippen molar-refractivity contribution in [1.82, 2.24) is 9.55 Å². The fourth-order valence-corrected chi connectivity index (χ4v) is 2.93. The lowest BCUT2D eigenvalue weighted by molar-refractivity contribution is 0.0600. The number of halogens is 2. The lowest BCUT2D eigenvalue weighted by Gasteiger charge is -2.24. The first kappa shape index (κ1) is 12.1. The Morgan fingerprint density at radius 1 is 1.50 bits per heavy atom. The van der Waals surface area contributed by atoms with Crippen LogP contribution >= 0.6 is 23.8 Å². The minimum Gasteiger partial charge on any atom is -0.379 e. The molecule has 1 saturated heterocycles. The number of aromatic amines is 1. The molecule has 0 amide bonds. The third-order valence-corrected chi connectivity index (χ3v) is 3.85. The van der Waals surface area contributed by atoms with Gasteiger partial charge in [-0.25, -0.2) is 4.39 Å². The SMILES string of the molecule is Fc1cc2c(cc1Cl)[nH]c(=S)n2C1CCCOC1. The van der Waals surface area contributed by atoms with E-state index < -0.39 is 5.82 Å². The number of aromatic nitrogens is 2. The molecular formula is C12H12ClFN2OS. The molecule has 1 N–H and O–H groups in total. The minimum atomic E-state index is -0.427. The number of benzene rings is 1. The van der Waals surface area contributed by atoms with Crippen LogP contribution in [0.1, 0.15) is 18.9 Å². The number of hydrogen-bond donors (Lipinski definition) is 1. The molecule has 0 radical (unpaired) electrons. The van der Waals surface area contributed by atoms with E-state index in [1.54, 1.807) is 6.07 Å². The van der Waals surface area contributed by atoms with E-state index >= 15 is 0 Å². The monoisotopic (exact) mass is 286 g/mol. The van der Waals surface area contributed by atoms with E-state index in [1.165, 1.54) is 6.07 Å². The summed E-state index contributed by atoms with van der Waals surface area (Å²) in [6.45, 7) is 1.40. The van der Waals surface area contributed by atoms with E-state index in [4.69, 9.17) is 28.6 Å². The fourth-order valence-electron chi connectivity index (χ4n) is 2.41. The third kappa shape index (κ3) is 1.96. The second kappa shape index (κ2) is 4.64. The first-order chi connectivity index (χ1) is 8.66. The Kier molecular flexibility index (Phi) is 3.13. The van der Waals surface area contributed by atoms with E-state index in [0.717, 1.165) is 30.5 Å². The van der Waals surface area contributed by atoms with Crippen molar-refractivity contribution in [3.05, 3.63) is 27.7 Å². The lowest BCUT2D eigenvalue weighted by Crippen LogP contribution is -2.21. The molecule has 96 valence electrons. The summed E-state index contributed by atoms with van der Waals surface area (Å²) >= 11 is 11.1. The van der Waals surface area contributed by atoms with Crippen molar-refractivity contribution in [2.45, 2.75) is 18.9 Å². The number of nitrogens with zero attached hydrogens (tertiary/aromatic N) is 1. The zero-order valence-corrected chi connectivity index (χ0v) is 11.2. The van der Waals surface area contributed by atoms with Crippen molar-refractivity contribution in [1.29, 1.82) is 0 Å². The molecule has 6 heteroatoms. The number of H-pyrrole nitrogens is 1. The quantitative estimate of drug-likeness (QED) is 0.807. The van der Waals surface area contributed by atoms with Crippen LogP contribution in [0.5, 0.6) is 0 Å². The van der Waals surface area contributed by atoms with Crippen LogP contribution < -0.4 is 0 Å². The fraction of sp³-hybridized carbons (Fsp3) is 0.417. The Hall–Kier alpha value is -0.910. The van der Waals surface area contributed by atoms with E-state index in [2.05, 4.69) is 4.98 Å². The van der Waals surface area contributed by atoms with E-state index in [1.807, 2.05) is 4.57 Å². The van der Waals surface area contributed by atoms with Gasteiger partial charge in [0.25, 0.3) is 0 Å². The molecule has 18 heavy (non-hydrogen) atoms. The number of imidazole rings is 1. The summed E-state index contributed by atoms with van der Waals surface area (Å²) in [5.74, 6) is -0.427. The highest BCUT2D eigenvalue weighted by Gasteiger charge is 2.19. The Morgan fingerprint density at radius 3 is 3.06 bits per heavy atom. The van der Waals surface area contributed by atoms with Gasteiger partial charge in [-0.2, -0.15) is 0 Å². The number of hydrogen-bond acceptors (Lipinski definition) is 2. The molecule has 2 heterocycles. The average molecular weight is 287 g/mol. The summed E-state index contributed by atoms with van der Waals surface area (Å²) < 4.78 is 21.6. The summed E-state index contributed by atoms with van der Waals surface area (Å²) in [6.07, 6.45) is 1.99. The molecule has 0 bridgehead atoms. The first-order valence-corrected chi connectivity index (χ1v) is 6.62. The van der Waals surface area contributed by atoms with E-state index in [0.29, 0.717) is 11.4 Å². The van der Waals surface area contributed by atoms with Gasteiger partial charge in [0.1, 0.15) is 5.82 Å². The number of ether oxygens (including phenoxy) is 1. The van der Waals surface area contributed by atoms with Gasteiger partial charge in [0.2, 0.25) is 0 Å². The molecule has 1 unspecified atom stereocenters. The molecule has 3 nitrogen and oxygen atoms in total. The second-order valence-corrected chi connectivity index (χ2v) is 5.25. The average Bonchev–Trinajstić information content (AvgIpc) is 2.66. The zero-order chi connectivity index (χ0) is 12.7. The summed E-state index contributed by atoms with van der Waals surface area (Å²) in [5.41, 5.74) is 1.51. The molecule has 0 saturated carbocycles. The van der Waals surface area contributed by atoms with Crippen molar-refractivity contribution in [2.24, 2.45) is 0 Å². The molecule has 0 aliphatic carbocycles. The van der Waals surface area contributed by atoms with Gasteiger partial charge in [0.15, 0.2) is 4.77 Å². The summed E-state index contributed by atoms with van der Waals surface area (Å²) in [7, 11) is 0. The van der Waals surface area contributed by atoms with Gasteiger partial charge in [-0.3, -0.25) is 0 Å². The largest absolute Gasteiger partial charge is 0.379 e. The van der Waals surface area contributed by atoms with Crippen LogP contribution in [0.4, 0.5) is 4.39 Å². The van der Waals surface area contributed by atoms with Crippen LogP contribution in [0.2, 0.25) is 5.02 Å². The van der Waals surface area contributed by atoms with Crippen LogP contribution in [0.15, 0.2) is 12.1 Å². The number of rotatable bonds is 1. The number of fused-ring (bicyclic) bond motifs is 1. The highest BCUT2D eigenvalue weighted by molar-refractivity contribution is 7.71. The van der Waals surface area contributed by atoms with Gasteiger partial charge in [-0.15, -0.1) is 0 Å². The first-order valence-electron chi connectivity index (χ1n) is 5.84. The van der Waals surface area contributed by atoms with Crippen LogP contribution in [0.3, 0.4) is 0 Å². The Balaban J connectivity index is 2.18. The summed E-state index contributed by atoms with van der Waals surface area (Å²) in [6, 6.07) is 3.17. The van der Waals surface area contributed by atoms with Crippen LogP contribution in [0.25, 0.3) is 11.0 Å². The Bertz CT molecular complexity index is 645. The molecule has 3 rings (SSSR count). The third-order valence-electron chi connectivity index (χ3n) is 3.26. The maximum atomic E-state index is 13.6. The van der Waals surface area contributed by atoms with Crippen molar-refractivity contribution in [3.8, 4) is 0 Å². The zero-order valence-electron chi connectivity index (χ0n) is 9.58. The van der Waals surface area contributed by atoms with Crippen molar-refractivity contribution in [2.75, 3.05) is 13.2 Å². The van der Waals surface area contributed by atoms with E-state index in [9.17, 15) is 4.39 Å². The van der Waals surface area contributed by atoms with Gasteiger partial charge in [-0.1, -0.05) is 11.6 Å². The van der Waals surface area contributed by atoms with Crippen molar-refractivity contribution >= 4 is 34.9 Å². The van der Waals surface area contributed by atoms with Gasteiger partial charge < -0.3 is 14.3 Å². The van der Waals surface area contributed by atoms with Crippen LogP contribution in [-0.2, 0) is 4.74 Å². The van der Waals surface area contributed by atoms with Crippen LogP contribution in [0, 0.1) is 10.6 Å². The molecule has 1 aliphatic heterocycles. The molecule has 1 aromatic heterocycles. The van der Waals surface area contributed by atoms with Crippen LogP contribution in [-0.4, -0.2) is 22.8 Å². The molecular weight excluding hydrogens is 275 g/mol. The van der Waals surface area contributed by atoms with Gasteiger partial charge in [0.05, 0.1) is 28.7 Å². The maximum Gasteiger partial charge on any atom is 0.178 e. The molecule has 1 atom stereocenters. The van der Waals surface area contributed by atoms with Gasteiger partial charge >= 0.3 is 0 Å². The smallest absolute Gasteiger partial charge is 0.178 e.